The number of carbonyl (C=O) groups is 1. The second kappa shape index (κ2) is 8.90. The first-order valence-corrected chi connectivity index (χ1v) is 9.54. The zero-order valence-corrected chi connectivity index (χ0v) is 16.4. The fourth-order valence-electron chi connectivity index (χ4n) is 3.21. The van der Waals surface area contributed by atoms with Gasteiger partial charge in [0.2, 0.25) is 5.95 Å². The van der Waals surface area contributed by atoms with E-state index in [0.717, 1.165) is 50.4 Å². The van der Waals surface area contributed by atoms with Gasteiger partial charge in [-0.05, 0) is 43.7 Å². The van der Waals surface area contributed by atoms with Gasteiger partial charge >= 0.3 is 0 Å². The largest absolute Gasteiger partial charge is 0.340 e. The number of aryl methyl sites for hydroxylation is 1. The van der Waals surface area contributed by atoms with Crippen LogP contribution >= 0.6 is 0 Å². The smallest absolute Gasteiger partial charge is 0.272 e. The molecule has 1 aliphatic heterocycles. The van der Waals surface area contributed by atoms with Crippen molar-refractivity contribution in [1.29, 1.82) is 0 Å². The highest BCUT2D eigenvalue weighted by molar-refractivity contribution is 5.92. The van der Waals surface area contributed by atoms with Gasteiger partial charge in [-0.1, -0.05) is 6.92 Å². The summed E-state index contributed by atoms with van der Waals surface area (Å²) < 4.78 is 0. The van der Waals surface area contributed by atoms with Crippen molar-refractivity contribution < 1.29 is 4.79 Å². The first-order valence-electron chi connectivity index (χ1n) is 9.54. The summed E-state index contributed by atoms with van der Waals surface area (Å²) in [6, 6.07) is 5.72. The van der Waals surface area contributed by atoms with Crippen LogP contribution in [0.3, 0.4) is 0 Å². The van der Waals surface area contributed by atoms with E-state index in [-0.39, 0.29) is 5.91 Å². The lowest BCUT2D eigenvalue weighted by atomic mass is 10.2. The number of aromatic nitrogens is 3. The number of piperazine rings is 1. The number of amides is 1. The van der Waals surface area contributed by atoms with Crippen molar-refractivity contribution in [3.63, 3.8) is 0 Å². The molecule has 3 heterocycles. The van der Waals surface area contributed by atoms with E-state index in [1.165, 1.54) is 0 Å². The van der Waals surface area contributed by atoms with Gasteiger partial charge in [-0.15, -0.1) is 0 Å². The van der Waals surface area contributed by atoms with E-state index in [2.05, 4.69) is 31.7 Å². The third-order valence-electron chi connectivity index (χ3n) is 5.00. The normalized spacial score (nSPS) is 15.0. The SMILES string of the molecule is CCN1CCN(c2nc(C)cc(C(=O)N(C)CCc3ccncc3)n2)CC1. The summed E-state index contributed by atoms with van der Waals surface area (Å²) >= 11 is 0. The van der Waals surface area contributed by atoms with Crippen LogP contribution in [0.4, 0.5) is 5.95 Å². The second-order valence-corrected chi connectivity index (χ2v) is 6.95. The number of likely N-dealkylation sites (N-methyl/N-ethyl adjacent to an activating group) is 2. The molecule has 1 aliphatic rings. The summed E-state index contributed by atoms with van der Waals surface area (Å²) in [5.74, 6) is 0.597. The highest BCUT2D eigenvalue weighted by Crippen LogP contribution is 2.14. The Morgan fingerprint density at radius 2 is 1.85 bits per heavy atom. The lowest BCUT2D eigenvalue weighted by Crippen LogP contribution is -2.47. The molecular formula is C20H28N6O. The first-order chi connectivity index (χ1) is 13.1. The molecule has 0 atom stereocenters. The van der Waals surface area contributed by atoms with Gasteiger partial charge in [-0.3, -0.25) is 9.78 Å². The van der Waals surface area contributed by atoms with Crippen LogP contribution in [0.25, 0.3) is 0 Å². The Kier molecular flexibility index (Phi) is 6.34. The molecule has 0 N–H and O–H groups in total. The van der Waals surface area contributed by atoms with Crippen molar-refractivity contribution in [3.8, 4) is 0 Å². The van der Waals surface area contributed by atoms with E-state index in [9.17, 15) is 4.79 Å². The molecule has 0 spiro atoms. The molecule has 0 aliphatic carbocycles. The van der Waals surface area contributed by atoms with Crippen molar-refractivity contribution in [1.82, 2.24) is 24.8 Å². The summed E-state index contributed by atoms with van der Waals surface area (Å²) in [4.78, 5) is 32.3. The molecule has 7 nitrogen and oxygen atoms in total. The number of anilines is 1. The molecule has 0 unspecified atom stereocenters. The predicted molar refractivity (Wildman–Crippen MR) is 106 cm³/mol. The van der Waals surface area contributed by atoms with E-state index in [1.54, 1.807) is 23.4 Å². The zero-order valence-electron chi connectivity index (χ0n) is 16.4. The number of hydrogen-bond donors (Lipinski definition) is 0. The average molecular weight is 368 g/mol. The molecule has 27 heavy (non-hydrogen) atoms. The molecule has 0 bridgehead atoms. The van der Waals surface area contributed by atoms with Crippen LogP contribution in [-0.4, -0.2) is 77.0 Å². The Balaban J connectivity index is 1.66. The van der Waals surface area contributed by atoms with E-state index >= 15 is 0 Å². The number of rotatable bonds is 6. The van der Waals surface area contributed by atoms with Gasteiger partial charge < -0.3 is 14.7 Å². The molecule has 1 saturated heterocycles. The molecule has 2 aromatic rings. The highest BCUT2D eigenvalue weighted by atomic mass is 16.2. The maximum absolute atomic E-state index is 12.8. The summed E-state index contributed by atoms with van der Waals surface area (Å²) in [6.45, 7) is 9.58. The Labute approximate surface area is 161 Å². The zero-order chi connectivity index (χ0) is 19.2. The Bertz CT molecular complexity index is 758. The third kappa shape index (κ3) is 5.01. The van der Waals surface area contributed by atoms with Crippen molar-refractivity contribution in [2.45, 2.75) is 20.3 Å². The minimum absolute atomic E-state index is 0.0667. The van der Waals surface area contributed by atoms with Gasteiger partial charge in [0.25, 0.3) is 5.91 Å². The Morgan fingerprint density at radius 1 is 1.15 bits per heavy atom. The summed E-state index contributed by atoms with van der Waals surface area (Å²) in [7, 11) is 1.82. The molecular weight excluding hydrogens is 340 g/mol. The van der Waals surface area contributed by atoms with Gasteiger partial charge in [-0.25, -0.2) is 9.97 Å². The Hall–Kier alpha value is -2.54. The van der Waals surface area contributed by atoms with Gasteiger partial charge in [-0.2, -0.15) is 0 Å². The fourth-order valence-corrected chi connectivity index (χ4v) is 3.21. The summed E-state index contributed by atoms with van der Waals surface area (Å²) in [5.41, 5.74) is 2.45. The van der Waals surface area contributed by atoms with Crippen molar-refractivity contribution in [2.24, 2.45) is 0 Å². The molecule has 144 valence electrons. The van der Waals surface area contributed by atoms with Crippen LogP contribution in [0.15, 0.2) is 30.6 Å². The molecule has 1 amide bonds. The maximum atomic E-state index is 12.8. The third-order valence-corrected chi connectivity index (χ3v) is 5.00. The van der Waals surface area contributed by atoms with Gasteiger partial charge in [0.1, 0.15) is 5.69 Å². The number of carbonyl (C=O) groups excluding carboxylic acids is 1. The monoisotopic (exact) mass is 368 g/mol. The number of pyridine rings is 1. The van der Waals surface area contributed by atoms with Gasteiger partial charge in [0, 0.05) is 57.9 Å². The molecule has 2 aromatic heterocycles. The van der Waals surface area contributed by atoms with E-state index in [1.807, 2.05) is 26.1 Å². The van der Waals surface area contributed by atoms with Gasteiger partial charge in [0.05, 0.1) is 0 Å². The van der Waals surface area contributed by atoms with E-state index < -0.39 is 0 Å². The number of hydrogen-bond acceptors (Lipinski definition) is 6. The quantitative estimate of drug-likeness (QED) is 0.772. The topological polar surface area (TPSA) is 65.5 Å². The van der Waals surface area contributed by atoms with E-state index in [4.69, 9.17) is 0 Å². The van der Waals surface area contributed by atoms with Crippen molar-refractivity contribution in [3.05, 3.63) is 47.5 Å². The lowest BCUT2D eigenvalue weighted by Gasteiger charge is -2.34. The minimum atomic E-state index is -0.0667. The van der Waals surface area contributed by atoms with Gasteiger partial charge in [0.15, 0.2) is 0 Å². The van der Waals surface area contributed by atoms with Crippen LogP contribution in [0, 0.1) is 6.92 Å². The lowest BCUT2D eigenvalue weighted by molar-refractivity contribution is 0.0790. The van der Waals surface area contributed by atoms with Crippen LogP contribution < -0.4 is 4.90 Å². The second-order valence-electron chi connectivity index (χ2n) is 6.95. The fraction of sp³-hybridized carbons (Fsp3) is 0.500. The average Bonchev–Trinajstić information content (AvgIpc) is 2.71. The molecule has 3 rings (SSSR count). The van der Waals surface area contributed by atoms with Crippen molar-refractivity contribution in [2.75, 3.05) is 51.2 Å². The maximum Gasteiger partial charge on any atom is 0.272 e. The molecule has 0 radical (unpaired) electrons. The summed E-state index contributed by atoms with van der Waals surface area (Å²) in [6.07, 6.45) is 4.34. The molecule has 1 fully saturated rings. The molecule has 0 aromatic carbocycles. The summed E-state index contributed by atoms with van der Waals surface area (Å²) in [5, 5.41) is 0. The van der Waals surface area contributed by atoms with Crippen LogP contribution in [0.2, 0.25) is 0 Å². The highest BCUT2D eigenvalue weighted by Gasteiger charge is 2.21. The van der Waals surface area contributed by atoms with E-state index in [0.29, 0.717) is 18.2 Å². The molecule has 0 saturated carbocycles. The standard InChI is InChI=1S/C20H28N6O/c1-4-25-11-13-26(14-12-25)20-22-16(2)15-18(23-20)19(27)24(3)10-7-17-5-8-21-9-6-17/h5-6,8-9,15H,4,7,10-14H2,1-3H3. The van der Waals surface area contributed by atoms with Crippen LogP contribution in [-0.2, 0) is 6.42 Å². The minimum Gasteiger partial charge on any atom is -0.340 e. The number of nitrogens with zero attached hydrogens (tertiary/aromatic N) is 6. The van der Waals surface area contributed by atoms with Crippen LogP contribution in [0.5, 0.6) is 0 Å². The Morgan fingerprint density at radius 3 is 2.52 bits per heavy atom. The first kappa shape index (κ1) is 19.2. The van der Waals surface area contributed by atoms with Crippen LogP contribution in [0.1, 0.15) is 28.7 Å². The van der Waals surface area contributed by atoms with Crippen molar-refractivity contribution >= 4 is 11.9 Å². The molecule has 7 heteroatoms. The predicted octanol–water partition coefficient (Wildman–Crippen LogP) is 1.64.